The first-order chi connectivity index (χ1) is 6.13. The molecule has 1 atom stereocenters. The number of aryl methyl sites for hydroxylation is 2. The molecule has 0 radical (unpaired) electrons. The Labute approximate surface area is 85.9 Å². The maximum atomic E-state index is 6.12. The van der Waals surface area contributed by atoms with Gasteiger partial charge in [0.1, 0.15) is 0 Å². The Morgan fingerprint density at radius 3 is 2.62 bits per heavy atom. The third-order valence-corrected chi connectivity index (χ3v) is 2.85. The van der Waals surface area contributed by atoms with Gasteiger partial charge >= 0.3 is 0 Å². The predicted octanol–water partition coefficient (Wildman–Crippen LogP) is 3.86. The van der Waals surface area contributed by atoms with Crippen LogP contribution in [0, 0.1) is 13.8 Å². The highest BCUT2D eigenvalue weighted by molar-refractivity contribution is 6.20. The minimum Gasteiger partial charge on any atom is -0.123 e. The molecule has 1 aromatic carbocycles. The number of rotatable bonds is 3. The van der Waals surface area contributed by atoms with Gasteiger partial charge in [-0.25, -0.2) is 0 Å². The first-order valence-electron chi connectivity index (χ1n) is 4.83. The maximum Gasteiger partial charge on any atom is 0.0373 e. The number of halogens is 1. The summed E-state index contributed by atoms with van der Waals surface area (Å²) < 4.78 is 0. The molecule has 0 amide bonds. The Hall–Kier alpha value is -0.490. The molecule has 0 aliphatic carbocycles. The van der Waals surface area contributed by atoms with Crippen LogP contribution in [0.1, 0.15) is 30.0 Å². The van der Waals surface area contributed by atoms with Crippen LogP contribution >= 0.6 is 11.6 Å². The second-order valence-electron chi connectivity index (χ2n) is 3.64. The summed E-state index contributed by atoms with van der Waals surface area (Å²) in [6.07, 6.45) is 2.03. The highest BCUT2D eigenvalue weighted by Gasteiger charge is 2.05. The lowest BCUT2D eigenvalue weighted by atomic mass is 10.0. The van der Waals surface area contributed by atoms with Gasteiger partial charge in [0.05, 0.1) is 0 Å². The third-order valence-electron chi connectivity index (χ3n) is 2.39. The van der Waals surface area contributed by atoms with Gasteiger partial charge in [-0.3, -0.25) is 0 Å². The first-order valence-corrected chi connectivity index (χ1v) is 5.27. The molecular weight excluding hydrogens is 180 g/mol. The van der Waals surface area contributed by atoms with Crippen molar-refractivity contribution in [2.75, 3.05) is 0 Å². The second kappa shape index (κ2) is 4.66. The molecule has 0 N–H and O–H groups in total. The van der Waals surface area contributed by atoms with Crippen LogP contribution in [0.15, 0.2) is 18.2 Å². The van der Waals surface area contributed by atoms with Gasteiger partial charge in [-0.2, -0.15) is 0 Å². The molecule has 13 heavy (non-hydrogen) atoms. The fourth-order valence-corrected chi connectivity index (χ4v) is 1.57. The van der Waals surface area contributed by atoms with Crippen molar-refractivity contribution in [2.24, 2.45) is 0 Å². The molecule has 0 spiro atoms. The average Bonchev–Trinajstić information content (AvgIpc) is 2.11. The topological polar surface area (TPSA) is 0 Å². The summed E-state index contributed by atoms with van der Waals surface area (Å²) in [5.74, 6) is 0. The molecule has 0 fully saturated rings. The normalized spacial score (nSPS) is 12.9. The van der Waals surface area contributed by atoms with Gasteiger partial charge in [0.15, 0.2) is 0 Å². The molecule has 72 valence electrons. The Morgan fingerprint density at radius 1 is 1.31 bits per heavy atom. The molecule has 1 unspecified atom stereocenters. The van der Waals surface area contributed by atoms with Crippen LogP contribution < -0.4 is 0 Å². The van der Waals surface area contributed by atoms with E-state index in [0.717, 1.165) is 12.8 Å². The predicted molar refractivity (Wildman–Crippen MR) is 59.6 cm³/mol. The van der Waals surface area contributed by atoms with E-state index >= 15 is 0 Å². The molecule has 0 aliphatic rings. The summed E-state index contributed by atoms with van der Waals surface area (Å²) in [6.45, 7) is 6.40. The SMILES string of the molecule is CCC(Cl)Cc1cc(C)ccc1C. The van der Waals surface area contributed by atoms with Crippen LogP contribution in [0.25, 0.3) is 0 Å². The van der Waals surface area contributed by atoms with Gasteiger partial charge in [-0.1, -0.05) is 30.7 Å². The van der Waals surface area contributed by atoms with Gasteiger partial charge in [0, 0.05) is 5.38 Å². The van der Waals surface area contributed by atoms with Crippen molar-refractivity contribution in [3.05, 3.63) is 34.9 Å². The molecule has 0 bridgehead atoms. The third kappa shape index (κ3) is 3.04. The zero-order valence-electron chi connectivity index (χ0n) is 8.60. The molecular formula is C12H17Cl. The Balaban J connectivity index is 2.81. The van der Waals surface area contributed by atoms with E-state index in [2.05, 4.69) is 39.0 Å². The molecule has 1 aromatic rings. The zero-order valence-corrected chi connectivity index (χ0v) is 9.36. The minimum atomic E-state index is 0.278. The van der Waals surface area contributed by atoms with Crippen molar-refractivity contribution in [3.63, 3.8) is 0 Å². The molecule has 0 aliphatic heterocycles. The summed E-state index contributed by atoms with van der Waals surface area (Å²) in [6, 6.07) is 6.55. The fraction of sp³-hybridized carbons (Fsp3) is 0.500. The molecule has 0 saturated heterocycles. The number of benzene rings is 1. The van der Waals surface area contributed by atoms with Crippen molar-refractivity contribution < 1.29 is 0 Å². The van der Waals surface area contributed by atoms with Crippen LogP contribution in [0.5, 0.6) is 0 Å². The second-order valence-corrected chi connectivity index (χ2v) is 4.26. The van der Waals surface area contributed by atoms with Crippen LogP contribution in [-0.4, -0.2) is 5.38 Å². The van der Waals surface area contributed by atoms with E-state index in [-0.39, 0.29) is 5.38 Å². The van der Waals surface area contributed by atoms with Crippen molar-refractivity contribution in [1.82, 2.24) is 0 Å². The first kappa shape index (κ1) is 10.6. The molecule has 0 nitrogen and oxygen atoms in total. The summed E-state index contributed by atoms with van der Waals surface area (Å²) in [5, 5.41) is 0.278. The molecule has 0 aromatic heterocycles. The lowest BCUT2D eigenvalue weighted by molar-refractivity contribution is 0.801. The quantitative estimate of drug-likeness (QED) is 0.644. The van der Waals surface area contributed by atoms with E-state index < -0.39 is 0 Å². The van der Waals surface area contributed by atoms with E-state index in [9.17, 15) is 0 Å². The molecule has 1 rings (SSSR count). The van der Waals surface area contributed by atoms with E-state index in [1.54, 1.807) is 0 Å². The molecule has 1 heteroatoms. The average molecular weight is 197 g/mol. The van der Waals surface area contributed by atoms with Crippen molar-refractivity contribution in [2.45, 2.75) is 39.0 Å². The van der Waals surface area contributed by atoms with Crippen LogP contribution in [0.4, 0.5) is 0 Å². The summed E-state index contributed by atoms with van der Waals surface area (Å²) in [4.78, 5) is 0. The van der Waals surface area contributed by atoms with Crippen LogP contribution in [-0.2, 0) is 6.42 Å². The van der Waals surface area contributed by atoms with Crippen molar-refractivity contribution in [1.29, 1.82) is 0 Å². The lowest BCUT2D eigenvalue weighted by Crippen LogP contribution is -2.03. The van der Waals surface area contributed by atoms with Crippen LogP contribution in [0.2, 0.25) is 0 Å². The summed E-state index contributed by atoms with van der Waals surface area (Å²) in [5.41, 5.74) is 4.06. The standard InChI is InChI=1S/C12H17Cl/c1-4-12(13)8-11-7-9(2)5-6-10(11)3/h5-7,12H,4,8H2,1-3H3. The van der Waals surface area contributed by atoms with Gasteiger partial charge < -0.3 is 0 Å². The number of hydrogen-bond donors (Lipinski definition) is 0. The highest BCUT2D eigenvalue weighted by atomic mass is 35.5. The Bertz CT molecular complexity index is 278. The summed E-state index contributed by atoms with van der Waals surface area (Å²) in [7, 11) is 0. The van der Waals surface area contributed by atoms with Crippen molar-refractivity contribution >= 4 is 11.6 Å². The lowest BCUT2D eigenvalue weighted by Gasteiger charge is -2.10. The van der Waals surface area contributed by atoms with E-state index in [0.29, 0.717) is 0 Å². The van der Waals surface area contributed by atoms with Crippen molar-refractivity contribution in [3.8, 4) is 0 Å². The van der Waals surface area contributed by atoms with E-state index in [1.807, 2.05) is 0 Å². The maximum absolute atomic E-state index is 6.12. The van der Waals surface area contributed by atoms with E-state index in [1.165, 1.54) is 16.7 Å². The van der Waals surface area contributed by atoms with Gasteiger partial charge in [0.25, 0.3) is 0 Å². The van der Waals surface area contributed by atoms with Gasteiger partial charge in [-0.15, -0.1) is 11.6 Å². The smallest absolute Gasteiger partial charge is 0.0373 e. The largest absolute Gasteiger partial charge is 0.123 e. The van der Waals surface area contributed by atoms with E-state index in [4.69, 9.17) is 11.6 Å². The molecule has 0 heterocycles. The number of hydrogen-bond acceptors (Lipinski definition) is 0. The highest BCUT2D eigenvalue weighted by Crippen LogP contribution is 2.16. The minimum absolute atomic E-state index is 0.278. The Kier molecular flexibility index (Phi) is 3.80. The van der Waals surface area contributed by atoms with Gasteiger partial charge in [0.2, 0.25) is 0 Å². The van der Waals surface area contributed by atoms with Gasteiger partial charge in [-0.05, 0) is 37.8 Å². The Morgan fingerprint density at radius 2 is 2.00 bits per heavy atom. The zero-order chi connectivity index (χ0) is 9.84. The molecule has 0 saturated carbocycles. The number of alkyl halides is 1. The monoisotopic (exact) mass is 196 g/mol. The summed E-state index contributed by atoms with van der Waals surface area (Å²) >= 11 is 6.12. The van der Waals surface area contributed by atoms with Crippen LogP contribution in [0.3, 0.4) is 0 Å². The fourth-order valence-electron chi connectivity index (χ4n) is 1.40.